The number of thiazole rings is 1. The highest BCUT2D eigenvalue weighted by Gasteiger charge is 2.16. The normalized spacial score (nSPS) is 16.3. The van der Waals surface area contributed by atoms with Gasteiger partial charge in [0.05, 0.1) is 10.2 Å². The molecule has 4 nitrogen and oxygen atoms in total. The van der Waals surface area contributed by atoms with Crippen molar-refractivity contribution in [2.75, 3.05) is 32.7 Å². The lowest BCUT2D eigenvalue weighted by Crippen LogP contribution is -2.46. The average Bonchev–Trinajstić information content (AvgIpc) is 2.95. The molecule has 136 valence electrons. The van der Waals surface area contributed by atoms with E-state index in [2.05, 4.69) is 58.3 Å². The lowest BCUT2D eigenvalue weighted by molar-refractivity contribution is 0.128. The fourth-order valence-electron chi connectivity index (χ4n) is 3.63. The van der Waals surface area contributed by atoms with Crippen LogP contribution in [0.5, 0.6) is 0 Å². The van der Waals surface area contributed by atoms with E-state index in [4.69, 9.17) is 0 Å². The van der Waals surface area contributed by atoms with Gasteiger partial charge in [0.25, 0.3) is 0 Å². The maximum absolute atomic E-state index is 11.8. The van der Waals surface area contributed by atoms with Crippen molar-refractivity contribution in [3.63, 3.8) is 0 Å². The molecule has 1 aliphatic heterocycles. The minimum Gasteiger partial charge on any atom is -0.302 e. The zero-order valence-electron chi connectivity index (χ0n) is 15.2. The number of hydrogen-bond acceptors (Lipinski definition) is 4. The minimum absolute atomic E-state index is 0.117. The SMILES string of the molecule is Cn1c(=O)sc2cc(CCN3CCN(Cc4ccccc4)CC3)ccc21. The first-order chi connectivity index (χ1) is 12.7. The van der Waals surface area contributed by atoms with Gasteiger partial charge in [-0.3, -0.25) is 9.69 Å². The molecule has 0 atom stereocenters. The monoisotopic (exact) mass is 367 g/mol. The van der Waals surface area contributed by atoms with Crippen LogP contribution in [0.2, 0.25) is 0 Å². The number of aromatic nitrogens is 1. The van der Waals surface area contributed by atoms with E-state index >= 15 is 0 Å². The molecule has 1 aliphatic rings. The summed E-state index contributed by atoms with van der Waals surface area (Å²) < 4.78 is 2.83. The Morgan fingerprint density at radius 2 is 1.65 bits per heavy atom. The Balaban J connectivity index is 1.29. The Morgan fingerprint density at radius 3 is 2.42 bits per heavy atom. The second kappa shape index (κ2) is 7.74. The summed E-state index contributed by atoms with van der Waals surface area (Å²) >= 11 is 1.34. The van der Waals surface area contributed by atoms with Crippen molar-refractivity contribution in [1.29, 1.82) is 0 Å². The highest BCUT2D eigenvalue weighted by Crippen LogP contribution is 2.19. The number of fused-ring (bicyclic) bond motifs is 1. The molecule has 0 saturated carbocycles. The van der Waals surface area contributed by atoms with Gasteiger partial charge < -0.3 is 9.47 Å². The summed E-state index contributed by atoms with van der Waals surface area (Å²) in [7, 11) is 1.84. The number of nitrogens with zero attached hydrogens (tertiary/aromatic N) is 3. The molecule has 0 unspecified atom stereocenters. The quantitative estimate of drug-likeness (QED) is 0.694. The van der Waals surface area contributed by atoms with Crippen LogP contribution in [-0.4, -0.2) is 47.1 Å². The van der Waals surface area contributed by atoms with Crippen molar-refractivity contribution >= 4 is 21.6 Å². The van der Waals surface area contributed by atoms with Crippen LogP contribution in [0.3, 0.4) is 0 Å². The van der Waals surface area contributed by atoms with Crippen LogP contribution in [0.25, 0.3) is 10.2 Å². The van der Waals surface area contributed by atoms with Gasteiger partial charge in [0.2, 0.25) is 0 Å². The first kappa shape index (κ1) is 17.5. The van der Waals surface area contributed by atoms with Gasteiger partial charge in [-0.15, -0.1) is 0 Å². The van der Waals surface area contributed by atoms with Gasteiger partial charge in [-0.25, -0.2) is 0 Å². The van der Waals surface area contributed by atoms with E-state index in [1.165, 1.54) is 22.5 Å². The van der Waals surface area contributed by atoms with Gasteiger partial charge in [0.1, 0.15) is 0 Å². The molecule has 3 aromatic rings. The zero-order valence-corrected chi connectivity index (χ0v) is 16.0. The van der Waals surface area contributed by atoms with E-state index in [1.54, 1.807) is 4.57 Å². The first-order valence-electron chi connectivity index (χ1n) is 9.26. The molecular formula is C21H25N3OS. The lowest BCUT2D eigenvalue weighted by atomic mass is 10.1. The third kappa shape index (κ3) is 3.90. The van der Waals surface area contributed by atoms with E-state index in [1.807, 2.05) is 7.05 Å². The Labute approximate surface area is 158 Å². The van der Waals surface area contributed by atoms with Crippen molar-refractivity contribution in [3.05, 3.63) is 69.3 Å². The fourth-order valence-corrected chi connectivity index (χ4v) is 4.58. The van der Waals surface area contributed by atoms with E-state index in [0.29, 0.717) is 0 Å². The maximum Gasteiger partial charge on any atom is 0.307 e. The first-order valence-corrected chi connectivity index (χ1v) is 10.1. The Hall–Kier alpha value is -1.95. The smallest absolute Gasteiger partial charge is 0.302 e. The number of rotatable bonds is 5. The zero-order chi connectivity index (χ0) is 17.9. The predicted molar refractivity (Wildman–Crippen MR) is 109 cm³/mol. The fraction of sp³-hybridized carbons (Fsp3) is 0.381. The van der Waals surface area contributed by atoms with E-state index in [-0.39, 0.29) is 4.87 Å². The highest BCUT2D eigenvalue weighted by atomic mass is 32.1. The maximum atomic E-state index is 11.8. The van der Waals surface area contributed by atoms with E-state index in [9.17, 15) is 4.79 Å². The largest absolute Gasteiger partial charge is 0.307 e. The van der Waals surface area contributed by atoms with Gasteiger partial charge >= 0.3 is 4.87 Å². The number of benzene rings is 2. The Kier molecular flexibility index (Phi) is 5.20. The molecule has 0 bridgehead atoms. The van der Waals surface area contributed by atoms with Crippen molar-refractivity contribution in [2.45, 2.75) is 13.0 Å². The van der Waals surface area contributed by atoms with Crippen molar-refractivity contribution in [2.24, 2.45) is 7.05 Å². The molecule has 2 aromatic carbocycles. The Morgan fingerprint density at radius 1 is 0.923 bits per heavy atom. The molecule has 0 N–H and O–H groups in total. The van der Waals surface area contributed by atoms with Gasteiger partial charge in [-0.2, -0.15) is 0 Å². The lowest BCUT2D eigenvalue weighted by Gasteiger charge is -2.34. The third-order valence-electron chi connectivity index (χ3n) is 5.29. The number of hydrogen-bond donors (Lipinski definition) is 0. The Bertz CT molecular complexity index is 923. The highest BCUT2D eigenvalue weighted by molar-refractivity contribution is 7.16. The van der Waals surface area contributed by atoms with Crippen LogP contribution in [0.15, 0.2) is 53.3 Å². The van der Waals surface area contributed by atoms with Gasteiger partial charge in [-0.1, -0.05) is 47.7 Å². The van der Waals surface area contributed by atoms with Crippen LogP contribution in [0.1, 0.15) is 11.1 Å². The molecule has 2 heterocycles. The van der Waals surface area contributed by atoms with Crippen molar-refractivity contribution in [1.82, 2.24) is 14.4 Å². The molecule has 1 saturated heterocycles. The molecule has 0 aliphatic carbocycles. The molecular weight excluding hydrogens is 342 g/mol. The van der Waals surface area contributed by atoms with Crippen LogP contribution in [0, 0.1) is 0 Å². The van der Waals surface area contributed by atoms with Gasteiger partial charge in [0, 0.05) is 46.3 Å². The van der Waals surface area contributed by atoms with Gasteiger partial charge in [-0.05, 0) is 29.7 Å². The summed E-state index contributed by atoms with van der Waals surface area (Å²) in [5.74, 6) is 0. The summed E-state index contributed by atoms with van der Waals surface area (Å²) in [5.41, 5.74) is 3.76. The van der Waals surface area contributed by atoms with Crippen LogP contribution < -0.4 is 4.87 Å². The average molecular weight is 368 g/mol. The summed E-state index contributed by atoms with van der Waals surface area (Å²) in [4.78, 5) is 17.0. The summed E-state index contributed by atoms with van der Waals surface area (Å²) in [6, 6.07) is 17.2. The van der Waals surface area contributed by atoms with E-state index in [0.717, 1.165) is 55.9 Å². The van der Waals surface area contributed by atoms with Gasteiger partial charge in [0.15, 0.2) is 0 Å². The number of aryl methyl sites for hydroxylation is 1. The van der Waals surface area contributed by atoms with Crippen LogP contribution in [-0.2, 0) is 20.0 Å². The topological polar surface area (TPSA) is 28.5 Å². The molecule has 1 aromatic heterocycles. The second-order valence-corrected chi connectivity index (χ2v) is 8.08. The standard InChI is InChI=1S/C21H25N3OS/c1-22-19-8-7-17(15-20(19)26-21(22)25)9-10-23-11-13-24(14-12-23)16-18-5-3-2-4-6-18/h2-8,15H,9-14,16H2,1H3. The molecule has 0 amide bonds. The summed E-state index contributed by atoms with van der Waals surface area (Å²) in [5, 5.41) is 0. The molecule has 5 heteroatoms. The summed E-state index contributed by atoms with van der Waals surface area (Å²) in [6.07, 6.45) is 1.05. The minimum atomic E-state index is 0.117. The molecule has 0 radical (unpaired) electrons. The second-order valence-electron chi connectivity index (χ2n) is 7.08. The molecule has 0 spiro atoms. The molecule has 1 fully saturated rings. The molecule has 26 heavy (non-hydrogen) atoms. The van der Waals surface area contributed by atoms with Crippen molar-refractivity contribution in [3.8, 4) is 0 Å². The predicted octanol–water partition coefficient (Wildman–Crippen LogP) is 2.96. The third-order valence-corrected chi connectivity index (χ3v) is 6.28. The van der Waals surface area contributed by atoms with Crippen LogP contribution >= 0.6 is 11.3 Å². The van der Waals surface area contributed by atoms with Crippen LogP contribution in [0.4, 0.5) is 0 Å². The van der Waals surface area contributed by atoms with E-state index < -0.39 is 0 Å². The summed E-state index contributed by atoms with van der Waals surface area (Å²) in [6.45, 7) is 6.68. The number of piperazine rings is 1. The van der Waals surface area contributed by atoms with Crippen molar-refractivity contribution < 1.29 is 0 Å². The molecule has 4 rings (SSSR count).